The summed E-state index contributed by atoms with van der Waals surface area (Å²) in [5.74, 6) is -1.27. The summed E-state index contributed by atoms with van der Waals surface area (Å²) in [7, 11) is 1.74. The first-order valence-corrected chi connectivity index (χ1v) is 10.9. The molecular weight excluding hydrogens is 475 g/mol. The van der Waals surface area contributed by atoms with Crippen LogP contribution in [0.5, 0.6) is 0 Å². The number of hydroxylamine groups is 1. The Kier molecular flexibility index (Phi) is 8.44. The summed E-state index contributed by atoms with van der Waals surface area (Å²) >= 11 is 0. The number of nitrogens with zero attached hydrogens (tertiary/aromatic N) is 2. The molecule has 0 aliphatic rings. The van der Waals surface area contributed by atoms with E-state index in [1.165, 1.54) is 18.2 Å². The zero-order chi connectivity index (χ0) is 26.3. The SMILES string of the molecule is CN(Cc1ccc(C(=O)NO)cc1)c1ccccc1C(=O)N(C=O)CCc1ccccc1C(F)(F)F. The van der Waals surface area contributed by atoms with Gasteiger partial charge in [0.1, 0.15) is 0 Å². The van der Waals surface area contributed by atoms with E-state index in [2.05, 4.69) is 0 Å². The number of hydrogen-bond acceptors (Lipinski definition) is 5. The highest BCUT2D eigenvalue weighted by atomic mass is 19.4. The molecule has 188 valence electrons. The van der Waals surface area contributed by atoms with Crippen LogP contribution in [0.4, 0.5) is 18.9 Å². The fourth-order valence-electron chi connectivity index (χ4n) is 3.79. The minimum atomic E-state index is -4.54. The van der Waals surface area contributed by atoms with Gasteiger partial charge in [-0.1, -0.05) is 42.5 Å². The predicted octanol–water partition coefficient (Wildman–Crippen LogP) is 4.30. The van der Waals surface area contributed by atoms with E-state index >= 15 is 0 Å². The minimum Gasteiger partial charge on any atom is -0.370 e. The van der Waals surface area contributed by atoms with Crippen LogP contribution in [0.2, 0.25) is 0 Å². The highest BCUT2D eigenvalue weighted by Gasteiger charge is 2.33. The molecule has 0 bridgehead atoms. The zero-order valence-electron chi connectivity index (χ0n) is 19.3. The highest BCUT2D eigenvalue weighted by Crippen LogP contribution is 2.32. The number of carbonyl (C=O) groups is 3. The van der Waals surface area contributed by atoms with E-state index in [1.54, 1.807) is 66.0 Å². The lowest BCUT2D eigenvalue weighted by atomic mass is 10.0. The Hall–Kier alpha value is -4.18. The Bertz CT molecular complexity index is 1230. The lowest BCUT2D eigenvalue weighted by Gasteiger charge is -2.24. The second-order valence-electron chi connectivity index (χ2n) is 8.02. The van der Waals surface area contributed by atoms with E-state index in [0.29, 0.717) is 18.6 Å². The van der Waals surface area contributed by atoms with Crippen LogP contribution < -0.4 is 10.4 Å². The number of amides is 3. The molecule has 3 aromatic rings. The summed E-state index contributed by atoms with van der Waals surface area (Å²) in [6.07, 6.45) is -4.37. The van der Waals surface area contributed by atoms with Crippen LogP contribution in [-0.4, -0.2) is 41.9 Å². The molecule has 36 heavy (non-hydrogen) atoms. The molecule has 0 unspecified atom stereocenters. The maximum atomic E-state index is 13.3. The van der Waals surface area contributed by atoms with E-state index in [-0.39, 0.29) is 29.7 Å². The molecule has 0 saturated carbocycles. The Morgan fingerprint density at radius 3 is 2.25 bits per heavy atom. The Morgan fingerprint density at radius 2 is 1.61 bits per heavy atom. The molecule has 3 amide bonds. The molecule has 0 radical (unpaired) electrons. The van der Waals surface area contributed by atoms with Crippen LogP contribution in [0.3, 0.4) is 0 Å². The fourth-order valence-corrected chi connectivity index (χ4v) is 3.79. The smallest absolute Gasteiger partial charge is 0.370 e. The van der Waals surface area contributed by atoms with E-state index in [0.717, 1.165) is 16.5 Å². The van der Waals surface area contributed by atoms with Crippen LogP contribution >= 0.6 is 0 Å². The van der Waals surface area contributed by atoms with Gasteiger partial charge in [0.2, 0.25) is 6.41 Å². The van der Waals surface area contributed by atoms with Gasteiger partial charge in [0.15, 0.2) is 0 Å². The Labute approximate surface area is 205 Å². The Balaban J connectivity index is 1.77. The number of carbonyl (C=O) groups excluding carboxylic acids is 3. The summed E-state index contributed by atoms with van der Waals surface area (Å²) in [5, 5.41) is 8.73. The highest BCUT2D eigenvalue weighted by molar-refractivity contribution is 6.04. The number of para-hydroxylation sites is 1. The van der Waals surface area contributed by atoms with E-state index in [4.69, 9.17) is 5.21 Å². The fraction of sp³-hybridized carbons (Fsp3) is 0.192. The van der Waals surface area contributed by atoms with Gasteiger partial charge in [-0.15, -0.1) is 0 Å². The molecule has 10 heteroatoms. The van der Waals surface area contributed by atoms with Crippen molar-refractivity contribution in [3.8, 4) is 0 Å². The second-order valence-corrected chi connectivity index (χ2v) is 8.02. The molecule has 2 N–H and O–H groups in total. The monoisotopic (exact) mass is 499 g/mol. The number of nitrogens with one attached hydrogen (secondary N) is 1. The zero-order valence-corrected chi connectivity index (χ0v) is 19.3. The molecule has 0 aliphatic heterocycles. The van der Waals surface area contributed by atoms with Crippen LogP contribution in [0.25, 0.3) is 0 Å². The number of anilines is 1. The van der Waals surface area contributed by atoms with Crippen molar-refractivity contribution in [3.05, 3.63) is 101 Å². The quantitative estimate of drug-likeness (QED) is 0.260. The number of imide groups is 1. The number of halogens is 3. The third kappa shape index (κ3) is 6.28. The summed E-state index contributed by atoms with van der Waals surface area (Å²) in [6.45, 7) is 0.132. The first kappa shape index (κ1) is 26.4. The normalized spacial score (nSPS) is 11.0. The van der Waals surface area contributed by atoms with Gasteiger partial charge < -0.3 is 4.90 Å². The van der Waals surface area contributed by atoms with Crippen molar-refractivity contribution < 1.29 is 32.8 Å². The van der Waals surface area contributed by atoms with Crippen molar-refractivity contribution in [2.75, 3.05) is 18.5 Å². The lowest BCUT2D eigenvalue weighted by Crippen LogP contribution is -2.33. The lowest BCUT2D eigenvalue weighted by molar-refractivity contribution is -0.138. The largest absolute Gasteiger partial charge is 0.416 e. The van der Waals surface area contributed by atoms with Crippen LogP contribution in [0.1, 0.15) is 37.4 Å². The van der Waals surface area contributed by atoms with Gasteiger partial charge in [-0.3, -0.25) is 24.5 Å². The minimum absolute atomic E-state index is 0.00613. The summed E-state index contributed by atoms with van der Waals surface area (Å²) in [6, 6.07) is 18.1. The van der Waals surface area contributed by atoms with Crippen molar-refractivity contribution in [1.82, 2.24) is 10.4 Å². The number of rotatable bonds is 9. The standard InChI is InChI=1S/C26H24F3N3O4/c1-31(16-18-10-12-20(13-11-18)24(34)30-36)23-9-5-3-7-21(23)25(35)32(17-33)15-14-19-6-2-4-8-22(19)26(27,28)29/h2-13,17,36H,14-16H2,1H3,(H,30,34). The van der Waals surface area contributed by atoms with Gasteiger partial charge in [-0.25, -0.2) is 5.48 Å². The molecule has 0 aliphatic carbocycles. The average molecular weight is 499 g/mol. The second kappa shape index (κ2) is 11.5. The third-order valence-electron chi connectivity index (χ3n) is 5.62. The van der Waals surface area contributed by atoms with E-state index in [9.17, 15) is 27.6 Å². The maximum absolute atomic E-state index is 13.3. The average Bonchev–Trinajstić information content (AvgIpc) is 2.88. The predicted molar refractivity (Wildman–Crippen MR) is 126 cm³/mol. The van der Waals surface area contributed by atoms with Crippen LogP contribution in [0.15, 0.2) is 72.8 Å². The number of alkyl halides is 3. The van der Waals surface area contributed by atoms with Gasteiger partial charge in [0.05, 0.1) is 11.1 Å². The summed E-state index contributed by atoms with van der Waals surface area (Å²) < 4.78 is 39.9. The third-order valence-corrected chi connectivity index (χ3v) is 5.62. The molecule has 0 fully saturated rings. The van der Waals surface area contributed by atoms with Crippen LogP contribution in [-0.2, 0) is 23.9 Å². The van der Waals surface area contributed by atoms with Crippen LogP contribution in [0, 0.1) is 0 Å². The van der Waals surface area contributed by atoms with Gasteiger partial charge in [0, 0.05) is 31.4 Å². The van der Waals surface area contributed by atoms with Crippen molar-refractivity contribution in [1.29, 1.82) is 0 Å². The number of benzene rings is 3. The van der Waals surface area contributed by atoms with Crippen molar-refractivity contribution in [2.45, 2.75) is 19.1 Å². The van der Waals surface area contributed by atoms with Crippen molar-refractivity contribution >= 4 is 23.9 Å². The summed E-state index contributed by atoms with van der Waals surface area (Å²) in [4.78, 5) is 39.0. The molecule has 0 heterocycles. The topological polar surface area (TPSA) is 90.0 Å². The van der Waals surface area contributed by atoms with Crippen molar-refractivity contribution in [3.63, 3.8) is 0 Å². The molecule has 0 aromatic heterocycles. The van der Waals surface area contributed by atoms with E-state index in [1.807, 2.05) is 0 Å². The summed E-state index contributed by atoms with van der Waals surface area (Å²) in [5.41, 5.74) is 2.57. The number of hydrogen-bond donors (Lipinski definition) is 2. The maximum Gasteiger partial charge on any atom is 0.416 e. The molecule has 3 rings (SSSR count). The molecule has 0 atom stereocenters. The Morgan fingerprint density at radius 1 is 0.972 bits per heavy atom. The molecule has 7 nitrogen and oxygen atoms in total. The molecular formula is C26H24F3N3O4. The van der Waals surface area contributed by atoms with Crippen molar-refractivity contribution in [2.24, 2.45) is 0 Å². The van der Waals surface area contributed by atoms with Gasteiger partial charge in [-0.2, -0.15) is 13.2 Å². The molecule has 3 aromatic carbocycles. The molecule has 0 saturated heterocycles. The first-order chi connectivity index (χ1) is 17.2. The molecule has 0 spiro atoms. The van der Waals surface area contributed by atoms with E-state index < -0.39 is 23.6 Å². The van der Waals surface area contributed by atoms with Gasteiger partial charge in [0.25, 0.3) is 11.8 Å². The first-order valence-electron chi connectivity index (χ1n) is 10.9. The van der Waals surface area contributed by atoms with Gasteiger partial charge >= 0.3 is 6.18 Å². The van der Waals surface area contributed by atoms with Gasteiger partial charge in [-0.05, 0) is 47.9 Å².